The maximum Gasteiger partial charge on any atom is 0.417 e. The van der Waals surface area contributed by atoms with Gasteiger partial charge in [-0.2, -0.15) is 13.2 Å². The molecule has 1 aromatic carbocycles. The van der Waals surface area contributed by atoms with E-state index < -0.39 is 28.3 Å². The molecule has 0 bridgehead atoms. The number of hydrogen-bond donors (Lipinski definition) is 2. The van der Waals surface area contributed by atoms with Crippen molar-refractivity contribution in [1.29, 1.82) is 0 Å². The van der Waals surface area contributed by atoms with Crippen LogP contribution in [-0.4, -0.2) is 52.7 Å². The van der Waals surface area contributed by atoms with Crippen LogP contribution < -0.4 is 10.0 Å². The Morgan fingerprint density at radius 3 is 2.41 bits per heavy atom. The highest BCUT2D eigenvalue weighted by Crippen LogP contribution is 2.38. The first-order chi connectivity index (χ1) is 18.3. The Hall–Kier alpha value is -2.21. The van der Waals surface area contributed by atoms with E-state index in [4.69, 9.17) is 9.47 Å². The Bertz CT molecular complexity index is 1190. The number of alkyl halides is 3. The second kappa shape index (κ2) is 12.1. The van der Waals surface area contributed by atoms with Crippen molar-refractivity contribution in [2.75, 3.05) is 26.4 Å². The molecule has 216 valence electrons. The van der Waals surface area contributed by atoms with Crippen molar-refractivity contribution in [3.8, 4) is 11.3 Å². The predicted octanol–water partition coefficient (Wildman–Crippen LogP) is 5.23. The van der Waals surface area contributed by atoms with Gasteiger partial charge in [0.05, 0.1) is 22.6 Å². The Morgan fingerprint density at radius 1 is 1.08 bits per heavy atom. The molecule has 1 aromatic heterocycles. The lowest BCUT2D eigenvalue weighted by atomic mass is 10.0. The van der Waals surface area contributed by atoms with Crippen LogP contribution in [0.5, 0.6) is 0 Å². The highest BCUT2D eigenvalue weighted by molar-refractivity contribution is 7.83. The highest BCUT2D eigenvalue weighted by atomic mass is 32.2. The summed E-state index contributed by atoms with van der Waals surface area (Å²) >= 11 is 0. The summed E-state index contributed by atoms with van der Waals surface area (Å²) in [6, 6.07) is 5.53. The molecule has 0 radical (unpaired) electrons. The maximum atomic E-state index is 14.2. The smallest absolute Gasteiger partial charge is 0.381 e. The molecule has 2 aliphatic rings. The van der Waals surface area contributed by atoms with Crippen LogP contribution in [0.3, 0.4) is 0 Å². The molecule has 0 saturated carbocycles. The van der Waals surface area contributed by atoms with Crippen LogP contribution in [0.25, 0.3) is 11.3 Å². The lowest BCUT2D eigenvalue weighted by molar-refractivity contribution is -0.139. The van der Waals surface area contributed by atoms with Crippen molar-refractivity contribution in [3.63, 3.8) is 0 Å². The predicted molar refractivity (Wildman–Crippen MR) is 144 cm³/mol. The monoisotopic (exact) mass is 569 g/mol. The summed E-state index contributed by atoms with van der Waals surface area (Å²) in [4.78, 5) is 13.0. The molecule has 0 spiro atoms. The van der Waals surface area contributed by atoms with Gasteiger partial charge in [-0.3, -0.25) is 4.79 Å². The number of halogens is 3. The summed E-state index contributed by atoms with van der Waals surface area (Å²) in [7, 11) is -2.07. The van der Waals surface area contributed by atoms with Crippen LogP contribution in [0.15, 0.2) is 29.2 Å². The van der Waals surface area contributed by atoms with Gasteiger partial charge in [-0.25, -0.2) is 8.93 Å². The van der Waals surface area contributed by atoms with Crippen LogP contribution in [-0.2, 0) is 33.2 Å². The summed E-state index contributed by atoms with van der Waals surface area (Å²) < 4.78 is 71.2. The number of rotatable bonds is 7. The lowest BCUT2D eigenvalue weighted by Gasteiger charge is -2.25. The first kappa shape index (κ1) is 29.8. The molecule has 7 nitrogen and oxygen atoms in total. The van der Waals surface area contributed by atoms with Gasteiger partial charge in [-0.15, -0.1) is 0 Å². The van der Waals surface area contributed by atoms with Gasteiger partial charge < -0.3 is 19.4 Å². The van der Waals surface area contributed by atoms with E-state index in [0.29, 0.717) is 68.3 Å². The van der Waals surface area contributed by atoms with E-state index in [-0.39, 0.29) is 22.8 Å². The van der Waals surface area contributed by atoms with Gasteiger partial charge in [0.2, 0.25) is 0 Å². The largest absolute Gasteiger partial charge is 0.417 e. The number of ether oxygens (including phenoxy) is 2. The molecule has 4 rings (SSSR count). The van der Waals surface area contributed by atoms with E-state index in [0.717, 1.165) is 18.9 Å². The molecule has 2 saturated heterocycles. The van der Waals surface area contributed by atoms with Crippen molar-refractivity contribution >= 4 is 16.9 Å². The Morgan fingerprint density at radius 2 is 1.79 bits per heavy atom. The lowest BCUT2D eigenvalue weighted by Crippen LogP contribution is -2.39. The summed E-state index contributed by atoms with van der Waals surface area (Å²) in [5.74, 6) is -0.0673. The second-order valence-corrected chi connectivity index (χ2v) is 12.6. The molecule has 2 N–H and O–H groups in total. The van der Waals surface area contributed by atoms with E-state index in [1.807, 2.05) is 11.5 Å². The van der Waals surface area contributed by atoms with Crippen molar-refractivity contribution < 1.29 is 31.6 Å². The quantitative estimate of drug-likeness (QED) is 0.479. The van der Waals surface area contributed by atoms with Gasteiger partial charge in [-0.1, -0.05) is 6.07 Å². The number of carbonyl (C=O) groups excluding carboxylic acids is 1. The first-order valence-electron chi connectivity index (χ1n) is 13.4. The van der Waals surface area contributed by atoms with Crippen molar-refractivity contribution in [2.24, 2.45) is 5.92 Å². The summed E-state index contributed by atoms with van der Waals surface area (Å²) in [6.45, 7) is 9.98. The highest BCUT2D eigenvalue weighted by Gasteiger charge is 2.36. The minimum Gasteiger partial charge on any atom is -0.381 e. The zero-order valence-electron chi connectivity index (χ0n) is 23.0. The van der Waals surface area contributed by atoms with Crippen LogP contribution in [0.4, 0.5) is 13.2 Å². The zero-order chi connectivity index (χ0) is 28.4. The number of nitrogens with one attached hydrogen (secondary N) is 2. The summed E-state index contributed by atoms with van der Waals surface area (Å²) in [5.41, 5.74) is 0.340. The fourth-order valence-electron chi connectivity index (χ4n) is 5.07. The topological polar surface area (TPSA) is 81.6 Å². The molecule has 2 unspecified atom stereocenters. The number of nitrogens with zero attached hydrogens (tertiary/aromatic N) is 1. The molecule has 2 atom stereocenters. The molecule has 2 aliphatic heterocycles. The van der Waals surface area contributed by atoms with Crippen molar-refractivity contribution in [3.05, 3.63) is 41.1 Å². The van der Waals surface area contributed by atoms with Crippen molar-refractivity contribution in [2.45, 2.75) is 82.6 Å². The molecule has 11 heteroatoms. The Labute approximate surface area is 230 Å². The van der Waals surface area contributed by atoms with Gasteiger partial charge in [0, 0.05) is 55.3 Å². The fourth-order valence-corrected chi connectivity index (χ4v) is 6.30. The molecule has 1 amide bonds. The minimum atomic E-state index is -4.71. The average Bonchev–Trinajstić information content (AvgIpc) is 3.19. The summed E-state index contributed by atoms with van der Waals surface area (Å²) in [6.07, 6.45) is -1.43. The molecule has 2 aromatic rings. The van der Waals surface area contributed by atoms with Gasteiger partial charge in [-0.05, 0) is 77.1 Å². The van der Waals surface area contributed by atoms with Crippen LogP contribution in [0, 0.1) is 12.8 Å². The Balaban J connectivity index is 1.75. The van der Waals surface area contributed by atoms with E-state index in [1.165, 1.54) is 6.07 Å². The average molecular weight is 570 g/mol. The summed E-state index contributed by atoms with van der Waals surface area (Å²) in [5, 5.41) is 3.07. The standard InChI is InChI=1S/C28H38F3N3O4S/c1-18-22(26(35)32-21-9-12-37-13-10-21)15-24(34(18)16-19-6-5-11-38-17-19)20-7-8-25(23(14-20)28(29,30)31)39(36)33-27(2,3)4/h7-8,14-15,19,21,33H,5-6,9-13,16-17H2,1-4H3,(H,32,35). The van der Waals surface area contributed by atoms with Gasteiger partial charge in [0.15, 0.2) is 0 Å². The van der Waals surface area contributed by atoms with E-state index in [1.54, 1.807) is 32.9 Å². The molecule has 2 fully saturated rings. The zero-order valence-corrected chi connectivity index (χ0v) is 23.8. The molecule has 0 aliphatic carbocycles. The minimum absolute atomic E-state index is 0.00870. The van der Waals surface area contributed by atoms with E-state index in [9.17, 15) is 22.2 Å². The Kier molecular flexibility index (Phi) is 9.25. The van der Waals surface area contributed by atoms with Gasteiger partial charge in [0.25, 0.3) is 5.91 Å². The molecule has 3 heterocycles. The number of carbonyl (C=O) groups is 1. The normalized spacial score (nSPS) is 20.1. The SMILES string of the molecule is Cc1c(C(=O)NC2CCOCC2)cc(-c2ccc(S(=O)NC(C)(C)C)c(C(F)(F)F)c2)n1CC1CCCOC1. The third-order valence-electron chi connectivity index (χ3n) is 7.04. The molecular formula is C28H38F3N3O4S. The number of aromatic nitrogens is 1. The third kappa shape index (κ3) is 7.50. The second-order valence-electron chi connectivity index (χ2n) is 11.4. The maximum absolute atomic E-state index is 14.2. The van der Waals surface area contributed by atoms with Crippen molar-refractivity contribution in [1.82, 2.24) is 14.6 Å². The molecular weight excluding hydrogens is 531 g/mol. The number of amides is 1. The van der Waals surface area contributed by atoms with Gasteiger partial charge in [0.1, 0.15) is 11.0 Å². The van der Waals surface area contributed by atoms with E-state index >= 15 is 0 Å². The number of hydrogen-bond acceptors (Lipinski definition) is 4. The van der Waals surface area contributed by atoms with Crippen LogP contribution >= 0.6 is 0 Å². The van der Waals surface area contributed by atoms with Gasteiger partial charge >= 0.3 is 6.18 Å². The van der Waals surface area contributed by atoms with Crippen LogP contribution in [0.1, 0.15) is 68.1 Å². The van der Waals surface area contributed by atoms with Crippen LogP contribution in [0.2, 0.25) is 0 Å². The molecule has 39 heavy (non-hydrogen) atoms. The first-order valence-corrected chi connectivity index (χ1v) is 14.6. The van der Waals surface area contributed by atoms with E-state index in [2.05, 4.69) is 10.0 Å². The fraction of sp³-hybridized carbons (Fsp3) is 0.607. The third-order valence-corrected chi connectivity index (χ3v) is 8.60. The number of benzene rings is 1.